The van der Waals surface area contributed by atoms with E-state index in [0.29, 0.717) is 9.75 Å². The van der Waals surface area contributed by atoms with Gasteiger partial charge >= 0.3 is 0 Å². The van der Waals surface area contributed by atoms with Gasteiger partial charge in [-0.15, -0.1) is 0 Å². The van der Waals surface area contributed by atoms with Crippen LogP contribution >= 0.6 is 31.4 Å². The summed E-state index contributed by atoms with van der Waals surface area (Å²) in [6, 6.07) is 0. The third-order valence-electron chi connectivity index (χ3n) is 4.07. The zero-order valence-corrected chi connectivity index (χ0v) is 22.1. The van der Waals surface area contributed by atoms with Crippen molar-refractivity contribution >= 4 is 50.5 Å². The standard InChI is InChI=1S/C16H38O4S3Si2/c1-7-9-11-13(24-15(17-3)18-4)21-23-22-14(12-10-8-2)25-16(19-5)20-6/h13-16H,7-12,24-25H2,1-6H3. The van der Waals surface area contributed by atoms with Crippen LogP contribution in [-0.4, -0.2) is 69.1 Å². The molecule has 0 aliphatic heterocycles. The molecular formula is C16H38O4S3Si2. The van der Waals surface area contributed by atoms with E-state index in [1.54, 1.807) is 28.4 Å². The van der Waals surface area contributed by atoms with Crippen molar-refractivity contribution in [2.75, 3.05) is 28.4 Å². The lowest BCUT2D eigenvalue weighted by Crippen LogP contribution is -2.30. The maximum atomic E-state index is 5.46. The monoisotopic (exact) mass is 446 g/mol. The van der Waals surface area contributed by atoms with E-state index in [4.69, 9.17) is 18.9 Å². The zero-order chi connectivity index (χ0) is 18.9. The normalized spacial score (nSPS) is 15.4. The fourth-order valence-corrected chi connectivity index (χ4v) is 15.7. The maximum absolute atomic E-state index is 5.46. The van der Waals surface area contributed by atoms with Crippen molar-refractivity contribution in [1.82, 2.24) is 0 Å². The van der Waals surface area contributed by atoms with E-state index < -0.39 is 19.0 Å². The highest BCUT2D eigenvalue weighted by Gasteiger charge is 2.21. The van der Waals surface area contributed by atoms with E-state index in [9.17, 15) is 0 Å². The number of unbranched alkanes of at least 4 members (excludes halogenated alkanes) is 2. The summed E-state index contributed by atoms with van der Waals surface area (Å²) in [5.41, 5.74) is 0. The van der Waals surface area contributed by atoms with Crippen molar-refractivity contribution in [3.63, 3.8) is 0 Å². The SMILES string of the molecule is CCCCC([SiH2]C(OC)OC)SSSC(CCCC)[SiH2]C(OC)OC. The Balaban J connectivity index is 4.42. The van der Waals surface area contributed by atoms with Crippen LogP contribution in [0.2, 0.25) is 0 Å². The molecule has 0 bridgehead atoms. The summed E-state index contributed by atoms with van der Waals surface area (Å²) in [6.07, 6.45) is 7.64. The first kappa shape index (κ1) is 26.3. The summed E-state index contributed by atoms with van der Waals surface area (Å²) in [5, 5.41) is 0. The highest BCUT2D eigenvalue weighted by molar-refractivity contribution is 9.09. The first-order valence-electron chi connectivity index (χ1n) is 9.24. The number of methoxy groups -OCH3 is 4. The average molecular weight is 447 g/mol. The molecule has 0 N–H and O–H groups in total. The Labute approximate surface area is 171 Å². The quantitative estimate of drug-likeness (QED) is 0.181. The summed E-state index contributed by atoms with van der Waals surface area (Å²) in [7, 11) is 12.2. The summed E-state index contributed by atoms with van der Waals surface area (Å²) in [5.74, 6) is 0.0770. The third kappa shape index (κ3) is 14.0. The van der Waals surface area contributed by atoms with Gasteiger partial charge in [0.1, 0.15) is 30.9 Å². The molecule has 0 radical (unpaired) electrons. The van der Waals surface area contributed by atoms with E-state index in [-0.39, 0.29) is 11.8 Å². The highest BCUT2D eigenvalue weighted by Crippen LogP contribution is 2.42. The summed E-state index contributed by atoms with van der Waals surface area (Å²) in [6.45, 7) is 4.52. The van der Waals surface area contributed by atoms with Gasteiger partial charge in [0.2, 0.25) is 0 Å². The molecule has 0 fully saturated rings. The van der Waals surface area contributed by atoms with Crippen LogP contribution < -0.4 is 0 Å². The lowest BCUT2D eigenvalue weighted by Gasteiger charge is -2.22. The van der Waals surface area contributed by atoms with Gasteiger partial charge < -0.3 is 18.9 Å². The van der Waals surface area contributed by atoms with E-state index in [1.165, 1.54) is 38.5 Å². The lowest BCUT2D eigenvalue weighted by atomic mass is 10.3. The largest absolute Gasteiger partial charge is 0.360 e. The molecule has 0 saturated carbocycles. The van der Waals surface area contributed by atoms with Gasteiger partial charge in [-0.1, -0.05) is 61.1 Å². The van der Waals surface area contributed by atoms with Crippen LogP contribution in [0.5, 0.6) is 0 Å². The minimum absolute atomic E-state index is 0.0385. The number of hydrogen-bond donors (Lipinski definition) is 0. The van der Waals surface area contributed by atoms with Gasteiger partial charge in [-0.3, -0.25) is 0 Å². The molecule has 25 heavy (non-hydrogen) atoms. The minimum atomic E-state index is -0.426. The number of rotatable bonds is 18. The van der Waals surface area contributed by atoms with Gasteiger partial charge in [0.05, 0.1) is 0 Å². The smallest absolute Gasteiger partial charge is 0.135 e. The van der Waals surface area contributed by atoms with Crippen molar-refractivity contribution in [3.05, 3.63) is 0 Å². The molecule has 0 rings (SSSR count). The third-order valence-corrected chi connectivity index (χ3v) is 16.3. The van der Waals surface area contributed by atoms with Crippen molar-refractivity contribution in [2.24, 2.45) is 0 Å². The van der Waals surface area contributed by atoms with Gasteiger partial charge in [-0.05, 0) is 22.7 Å². The Hall–Kier alpha value is 1.32. The molecular weight excluding hydrogens is 409 g/mol. The van der Waals surface area contributed by atoms with Gasteiger partial charge in [0.25, 0.3) is 0 Å². The van der Waals surface area contributed by atoms with Crippen molar-refractivity contribution < 1.29 is 18.9 Å². The number of hydrogen-bond acceptors (Lipinski definition) is 7. The molecule has 0 spiro atoms. The topological polar surface area (TPSA) is 36.9 Å². The lowest BCUT2D eigenvalue weighted by molar-refractivity contribution is -0.0444. The van der Waals surface area contributed by atoms with Crippen LogP contribution in [0.15, 0.2) is 0 Å². The minimum Gasteiger partial charge on any atom is -0.360 e. The molecule has 2 atom stereocenters. The van der Waals surface area contributed by atoms with Crippen LogP contribution in [0, 0.1) is 0 Å². The number of ether oxygens (including phenoxy) is 4. The summed E-state index contributed by atoms with van der Waals surface area (Å²) < 4.78 is 21.8. The van der Waals surface area contributed by atoms with E-state index >= 15 is 0 Å². The Bertz CT molecular complexity index is 260. The van der Waals surface area contributed by atoms with E-state index in [2.05, 4.69) is 13.8 Å². The molecule has 0 aromatic heterocycles. The predicted octanol–water partition coefficient (Wildman–Crippen LogP) is 3.54. The molecule has 9 heteroatoms. The van der Waals surface area contributed by atoms with E-state index in [1.807, 2.05) is 31.4 Å². The molecule has 0 aliphatic carbocycles. The fourth-order valence-electron chi connectivity index (χ4n) is 2.41. The first-order chi connectivity index (χ1) is 12.1. The van der Waals surface area contributed by atoms with Crippen molar-refractivity contribution in [3.8, 4) is 0 Å². The second-order valence-corrected chi connectivity index (χ2v) is 16.1. The molecule has 152 valence electrons. The van der Waals surface area contributed by atoms with Crippen molar-refractivity contribution in [2.45, 2.75) is 73.9 Å². The molecule has 2 unspecified atom stereocenters. The van der Waals surface area contributed by atoms with Crippen molar-refractivity contribution in [1.29, 1.82) is 0 Å². The highest BCUT2D eigenvalue weighted by atomic mass is 33.5. The second kappa shape index (κ2) is 18.7. The predicted molar refractivity (Wildman–Crippen MR) is 122 cm³/mol. The Kier molecular flexibility index (Phi) is 19.7. The first-order valence-corrected chi connectivity index (χ1v) is 16.1. The summed E-state index contributed by atoms with van der Waals surface area (Å²) >= 11 is 0. The van der Waals surface area contributed by atoms with Gasteiger partial charge in [-0.2, -0.15) is 0 Å². The van der Waals surface area contributed by atoms with Crippen LogP contribution in [0.1, 0.15) is 52.4 Å². The second-order valence-electron chi connectivity index (χ2n) is 6.06. The van der Waals surface area contributed by atoms with Crippen LogP contribution in [0.4, 0.5) is 0 Å². The van der Waals surface area contributed by atoms with Gasteiger partial charge in [0, 0.05) is 38.2 Å². The maximum Gasteiger partial charge on any atom is 0.135 e. The molecule has 0 aliphatic rings. The Morgan fingerprint density at radius 2 is 1.04 bits per heavy atom. The van der Waals surface area contributed by atoms with Gasteiger partial charge in [0.15, 0.2) is 0 Å². The molecule has 0 saturated heterocycles. The molecule has 0 amide bonds. The zero-order valence-electron chi connectivity index (χ0n) is 16.8. The fraction of sp³-hybridized carbons (Fsp3) is 1.00. The Morgan fingerprint density at radius 3 is 1.32 bits per heavy atom. The van der Waals surface area contributed by atoms with Crippen LogP contribution in [-0.2, 0) is 18.9 Å². The van der Waals surface area contributed by atoms with Crippen LogP contribution in [0.3, 0.4) is 0 Å². The van der Waals surface area contributed by atoms with Gasteiger partial charge in [-0.25, -0.2) is 0 Å². The average Bonchev–Trinajstić information content (AvgIpc) is 2.64. The summed E-state index contributed by atoms with van der Waals surface area (Å²) in [4.78, 5) is 1.41. The van der Waals surface area contributed by atoms with E-state index in [0.717, 1.165) is 0 Å². The molecule has 0 heterocycles. The molecule has 4 nitrogen and oxygen atoms in total. The Morgan fingerprint density at radius 1 is 0.680 bits per heavy atom. The molecule has 0 aromatic carbocycles. The van der Waals surface area contributed by atoms with Crippen LogP contribution in [0.25, 0.3) is 0 Å². The molecule has 0 aromatic rings.